The highest BCUT2D eigenvalue weighted by Gasteiger charge is 2.63. The van der Waals surface area contributed by atoms with Crippen molar-refractivity contribution < 1.29 is 39.6 Å². The lowest BCUT2D eigenvalue weighted by Gasteiger charge is -2.50. The van der Waals surface area contributed by atoms with E-state index in [4.69, 9.17) is 5.73 Å². The summed E-state index contributed by atoms with van der Waals surface area (Å²) in [5.41, 5.74) is 3.66. The molecule has 11 heteroatoms. The Hall–Kier alpha value is -4.48. The van der Waals surface area contributed by atoms with Gasteiger partial charge >= 0.3 is 0 Å². The quantitative estimate of drug-likeness (QED) is 0.279. The fourth-order valence-electron chi connectivity index (χ4n) is 6.69. The zero-order valence-corrected chi connectivity index (χ0v) is 23.5. The number of nitrogens with two attached hydrogens (primary N) is 1. The first kappa shape index (κ1) is 29.0. The predicted molar refractivity (Wildman–Crippen MR) is 152 cm³/mol. The molecule has 0 radical (unpaired) electrons. The number of primary amides is 1. The van der Waals surface area contributed by atoms with Crippen molar-refractivity contribution in [1.82, 2.24) is 10.2 Å². The van der Waals surface area contributed by atoms with Gasteiger partial charge in [-0.1, -0.05) is 25.1 Å². The first-order valence-corrected chi connectivity index (χ1v) is 13.7. The maximum atomic E-state index is 13.9. The number of allylic oxidation sites excluding steroid dienone is 1. The minimum absolute atomic E-state index is 0.0136. The zero-order valence-electron chi connectivity index (χ0n) is 23.5. The van der Waals surface area contributed by atoms with Crippen molar-refractivity contribution in [2.45, 2.75) is 37.8 Å². The molecule has 220 valence electrons. The second-order valence-electron chi connectivity index (χ2n) is 11.3. The highest BCUT2D eigenvalue weighted by Crippen LogP contribution is 2.53. The minimum Gasteiger partial charge on any atom is -0.510 e. The molecule has 3 aliphatic carbocycles. The Morgan fingerprint density at radius 3 is 2.48 bits per heavy atom. The number of Topliss-reactive ketones (excluding diaryl/α,β-unsaturated/α-hetero) is 2. The standard InChI is InChI=1S/C31H33N3O8/c1-4-10-33-30(41)15-7-5-6-14(11-15)17-8-9-20(35)22-18(17)12-16-13-19-24(34(2)3)26(37)23(29(32)40)28(39)31(19,42)27(38)21(16)25(22)36/h5-9,11,16,19,24,35,37-38,42H,4,10,12-13H2,1-3H3,(H2,32,40)(H,33,41)/t16-,19-,24-,31-/m0/s1. The Balaban J connectivity index is 1.66. The molecule has 0 bridgehead atoms. The van der Waals surface area contributed by atoms with Gasteiger partial charge in [0.2, 0.25) is 5.78 Å². The number of aliphatic hydroxyl groups is 3. The molecule has 4 atom stereocenters. The molecule has 2 amide bonds. The van der Waals surface area contributed by atoms with E-state index in [1.54, 1.807) is 44.4 Å². The molecule has 2 aromatic carbocycles. The summed E-state index contributed by atoms with van der Waals surface area (Å²) in [7, 11) is 3.15. The molecule has 7 N–H and O–H groups in total. The van der Waals surface area contributed by atoms with Gasteiger partial charge in [0.15, 0.2) is 11.4 Å². The number of nitrogens with zero attached hydrogens (tertiary/aromatic N) is 1. The topological polar surface area (TPSA) is 190 Å². The van der Waals surface area contributed by atoms with Crippen molar-refractivity contribution in [3.05, 3.63) is 75.8 Å². The monoisotopic (exact) mass is 575 g/mol. The van der Waals surface area contributed by atoms with Crippen LogP contribution in [0, 0.1) is 11.8 Å². The van der Waals surface area contributed by atoms with Crippen LogP contribution in [0.1, 0.15) is 46.0 Å². The number of phenols is 1. The van der Waals surface area contributed by atoms with Crippen LogP contribution in [0.25, 0.3) is 11.1 Å². The van der Waals surface area contributed by atoms with Gasteiger partial charge in [0.05, 0.1) is 11.6 Å². The van der Waals surface area contributed by atoms with E-state index in [1.165, 1.54) is 11.0 Å². The van der Waals surface area contributed by atoms with Gasteiger partial charge in [-0.2, -0.15) is 0 Å². The Kier molecular flexibility index (Phi) is 7.20. The summed E-state index contributed by atoms with van der Waals surface area (Å²) in [5, 5.41) is 47.7. The first-order valence-electron chi connectivity index (χ1n) is 13.7. The van der Waals surface area contributed by atoms with Gasteiger partial charge in [0.25, 0.3) is 11.8 Å². The second-order valence-corrected chi connectivity index (χ2v) is 11.3. The predicted octanol–water partition coefficient (Wildman–Crippen LogP) is 1.93. The third-order valence-electron chi connectivity index (χ3n) is 8.58. The van der Waals surface area contributed by atoms with Crippen LogP contribution >= 0.6 is 0 Å². The number of phenolic OH excluding ortho intramolecular Hbond substituents is 1. The van der Waals surface area contributed by atoms with Crippen LogP contribution < -0.4 is 11.1 Å². The average molecular weight is 576 g/mol. The molecule has 0 aliphatic heterocycles. The maximum Gasteiger partial charge on any atom is 0.255 e. The van der Waals surface area contributed by atoms with Crippen LogP contribution in [0.5, 0.6) is 5.75 Å². The highest BCUT2D eigenvalue weighted by atomic mass is 16.3. The van der Waals surface area contributed by atoms with Crippen molar-refractivity contribution in [1.29, 1.82) is 0 Å². The van der Waals surface area contributed by atoms with Gasteiger partial charge < -0.3 is 31.5 Å². The fourth-order valence-corrected chi connectivity index (χ4v) is 6.69. The smallest absolute Gasteiger partial charge is 0.255 e. The number of fused-ring (bicyclic) bond motifs is 3. The van der Waals surface area contributed by atoms with Gasteiger partial charge in [-0.25, -0.2) is 0 Å². The van der Waals surface area contributed by atoms with E-state index in [1.807, 2.05) is 6.92 Å². The van der Waals surface area contributed by atoms with Crippen molar-refractivity contribution in [3.8, 4) is 16.9 Å². The summed E-state index contributed by atoms with van der Waals surface area (Å²) < 4.78 is 0. The van der Waals surface area contributed by atoms with Gasteiger partial charge in [-0.05, 0) is 74.2 Å². The lowest BCUT2D eigenvalue weighted by atomic mass is 9.58. The molecule has 3 aliphatic rings. The number of aliphatic hydroxyl groups excluding tert-OH is 2. The van der Waals surface area contributed by atoms with E-state index in [0.29, 0.717) is 28.8 Å². The summed E-state index contributed by atoms with van der Waals surface area (Å²) in [6.07, 6.45) is 0.905. The summed E-state index contributed by atoms with van der Waals surface area (Å²) in [5.74, 6) is -7.27. The van der Waals surface area contributed by atoms with Gasteiger partial charge in [-0.3, -0.25) is 24.1 Å². The molecule has 0 aromatic heterocycles. The van der Waals surface area contributed by atoms with E-state index >= 15 is 0 Å². The van der Waals surface area contributed by atoms with E-state index in [2.05, 4.69) is 5.32 Å². The number of nitrogens with one attached hydrogen (secondary N) is 1. The molecule has 2 aromatic rings. The summed E-state index contributed by atoms with van der Waals surface area (Å²) in [6.45, 7) is 2.46. The highest BCUT2D eigenvalue weighted by molar-refractivity contribution is 6.25. The molecule has 11 nitrogen and oxygen atoms in total. The minimum atomic E-state index is -2.70. The van der Waals surface area contributed by atoms with E-state index in [9.17, 15) is 39.6 Å². The number of hydrogen-bond acceptors (Lipinski definition) is 9. The van der Waals surface area contributed by atoms with E-state index < -0.39 is 58.0 Å². The maximum absolute atomic E-state index is 13.9. The fraction of sp³-hybridized carbons (Fsp3) is 0.355. The SMILES string of the molecule is CCCNC(=O)c1cccc(-c2ccc(O)c3c2C[C@H]2C[C@H]4[C@H](N(C)C)C(O)=C(C(N)=O)C(=O)[C@@]4(O)C(O)=C2C3=O)c1. The molecule has 42 heavy (non-hydrogen) atoms. The number of rotatable bonds is 6. The first-order chi connectivity index (χ1) is 19.8. The number of ketones is 2. The lowest BCUT2D eigenvalue weighted by molar-refractivity contribution is -0.148. The van der Waals surface area contributed by atoms with E-state index in [-0.39, 0.29) is 35.6 Å². The van der Waals surface area contributed by atoms with Gasteiger partial charge in [-0.15, -0.1) is 0 Å². The molecule has 0 unspecified atom stereocenters. The Morgan fingerprint density at radius 1 is 1.12 bits per heavy atom. The molecule has 0 fully saturated rings. The number of aromatic hydroxyl groups is 1. The van der Waals surface area contributed by atoms with Crippen LogP contribution in [-0.2, 0) is 16.0 Å². The van der Waals surface area contributed by atoms with Crippen molar-refractivity contribution >= 4 is 23.4 Å². The largest absolute Gasteiger partial charge is 0.510 e. The van der Waals surface area contributed by atoms with Crippen LogP contribution in [0.15, 0.2) is 59.1 Å². The molecular formula is C31H33N3O8. The third-order valence-corrected chi connectivity index (χ3v) is 8.58. The van der Waals surface area contributed by atoms with Crippen molar-refractivity contribution in [2.75, 3.05) is 20.6 Å². The summed E-state index contributed by atoms with van der Waals surface area (Å²) in [4.78, 5) is 53.6. The average Bonchev–Trinajstić information content (AvgIpc) is 2.93. The zero-order chi connectivity index (χ0) is 30.7. The number of carbonyl (C=O) groups is 4. The van der Waals surface area contributed by atoms with Gasteiger partial charge in [0, 0.05) is 23.6 Å². The normalized spacial score (nSPS) is 25.2. The van der Waals surface area contributed by atoms with E-state index in [0.717, 1.165) is 6.42 Å². The van der Waals surface area contributed by atoms with Crippen molar-refractivity contribution in [2.24, 2.45) is 17.6 Å². The Morgan fingerprint density at radius 2 is 1.83 bits per heavy atom. The number of carbonyl (C=O) groups excluding carboxylic acids is 4. The summed E-state index contributed by atoms with van der Waals surface area (Å²) >= 11 is 0. The number of hydrogen-bond donors (Lipinski definition) is 6. The molecule has 0 saturated heterocycles. The van der Waals surface area contributed by atoms with Gasteiger partial charge in [0.1, 0.15) is 22.8 Å². The third kappa shape index (κ3) is 4.19. The van der Waals surface area contributed by atoms with Crippen molar-refractivity contribution in [3.63, 3.8) is 0 Å². The molecule has 0 heterocycles. The molecule has 5 rings (SSSR count). The number of amides is 2. The second kappa shape index (κ2) is 10.4. The van der Waals surface area contributed by atoms with Crippen LogP contribution in [0.2, 0.25) is 0 Å². The molecular weight excluding hydrogens is 542 g/mol. The van der Waals surface area contributed by atoms with Crippen LogP contribution in [0.4, 0.5) is 0 Å². The van der Waals surface area contributed by atoms with Crippen LogP contribution in [-0.4, -0.2) is 81.0 Å². The molecule has 0 spiro atoms. The van der Waals surface area contributed by atoms with Crippen LogP contribution in [0.3, 0.4) is 0 Å². The number of benzene rings is 2. The Bertz CT molecular complexity index is 1610. The lowest BCUT2D eigenvalue weighted by Crippen LogP contribution is -2.63. The summed E-state index contributed by atoms with van der Waals surface area (Å²) in [6, 6.07) is 8.80. The molecule has 0 saturated carbocycles. The Labute approximate surface area is 241 Å². The number of likely N-dealkylation sites (N-methyl/N-ethyl adjacent to an activating group) is 1.